The number of benzene rings is 3. The Balaban J connectivity index is 1.85. The molecule has 0 atom stereocenters. The van der Waals surface area contributed by atoms with E-state index in [0.29, 0.717) is 18.4 Å². The van der Waals surface area contributed by atoms with E-state index in [-0.39, 0.29) is 18.1 Å². The van der Waals surface area contributed by atoms with Gasteiger partial charge in [0.25, 0.3) is 0 Å². The summed E-state index contributed by atoms with van der Waals surface area (Å²) in [6, 6.07) is 22.0. The summed E-state index contributed by atoms with van der Waals surface area (Å²) in [4.78, 5) is 0. The van der Waals surface area contributed by atoms with Crippen molar-refractivity contribution in [3.63, 3.8) is 0 Å². The molecule has 0 spiro atoms. The predicted molar refractivity (Wildman–Crippen MR) is 121 cm³/mol. The van der Waals surface area contributed by atoms with Crippen LogP contribution in [0.1, 0.15) is 53.5 Å². The minimum absolute atomic E-state index is 0.0337. The lowest BCUT2D eigenvalue weighted by atomic mass is 9.83. The van der Waals surface area contributed by atoms with E-state index < -0.39 is 0 Å². The minimum Gasteiger partial charge on any atom is -0.507 e. The number of phenols is 2. The Morgan fingerprint density at radius 1 is 0.733 bits per heavy atom. The van der Waals surface area contributed by atoms with Crippen LogP contribution in [0, 0.1) is 0 Å². The number of hydrogen-bond acceptors (Lipinski definition) is 3. The number of allylic oxidation sites excluding steroid dienone is 1. The lowest BCUT2D eigenvalue weighted by molar-refractivity contribution is 0.324. The van der Waals surface area contributed by atoms with Crippen LogP contribution < -0.4 is 0 Å². The summed E-state index contributed by atoms with van der Waals surface area (Å²) in [6.07, 6.45) is 4.83. The molecular weight excluding hydrogens is 372 g/mol. The van der Waals surface area contributed by atoms with Crippen molar-refractivity contribution in [3.05, 3.63) is 100 Å². The molecule has 3 nitrogen and oxygen atoms in total. The lowest BCUT2D eigenvalue weighted by Gasteiger charge is -2.23. The average Bonchev–Trinajstić information content (AvgIpc) is 2.78. The highest BCUT2D eigenvalue weighted by Gasteiger charge is 2.24. The van der Waals surface area contributed by atoms with Crippen molar-refractivity contribution in [1.82, 2.24) is 0 Å². The van der Waals surface area contributed by atoms with Crippen LogP contribution in [0.3, 0.4) is 0 Å². The van der Waals surface area contributed by atoms with Gasteiger partial charge in [-0.15, -0.1) is 0 Å². The maximum Gasteiger partial charge on any atom is 0.130 e. The average molecular weight is 401 g/mol. The quantitative estimate of drug-likeness (QED) is 0.505. The van der Waals surface area contributed by atoms with E-state index in [9.17, 15) is 15.3 Å². The standard InChI is InChI=1S/C27H28O3/c28-18-21-13-7-8-14-23(21)26-25(29)17-22(15-19-9-3-1-4-10-19)24(27(26)30)16-20-11-5-2-6-12-20/h1-6,9-12,17,28-30H,7-8,13-16,18H2. The van der Waals surface area contributed by atoms with Gasteiger partial charge in [0.15, 0.2) is 0 Å². The molecule has 154 valence electrons. The number of rotatable bonds is 6. The SMILES string of the molecule is OCC1=C(c2c(O)cc(Cc3ccccc3)c(Cc3ccccc3)c2O)CCCC1. The largest absolute Gasteiger partial charge is 0.507 e. The molecule has 3 aromatic carbocycles. The van der Waals surface area contributed by atoms with E-state index in [1.165, 1.54) is 0 Å². The zero-order chi connectivity index (χ0) is 20.9. The third-order valence-corrected chi connectivity index (χ3v) is 6.01. The van der Waals surface area contributed by atoms with Crippen LogP contribution in [-0.2, 0) is 12.8 Å². The van der Waals surface area contributed by atoms with E-state index >= 15 is 0 Å². The molecule has 30 heavy (non-hydrogen) atoms. The van der Waals surface area contributed by atoms with Crippen molar-refractivity contribution in [2.24, 2.45) is 0 Å². The zero-order valence-electron chi connectivity index (χ0n) is 17.1. The van der Waals surface area contributed by atoms with Crippen LogP contribution in [0.5, 0.6) is 11.5 Å². The summed E-state index contributed by atoms with van der Waals surface area (Å²) in [5, 5.41) is 32.1. The van der Waals surface area contributed by atoms with Gasteiger partial charge in [0.05, 0.1) is 12.2 Å². The Bertz CT molecular complexity index is 1040. The Labute approximate surface area is 178 Å². The Morgan fingerprint density at radius 2 is 1.33 bits per heavy atom. The van der Waals surface area contributed by atoms with E-state index in [1.807, 2.05) is 36.4 Å². The van der Waals surface area contributed by atoms with Crippen molar-refractivity contribution >= 4 is 5.57 Å². The second kappa shape index (κ2) is 9.19. The van der Waals surface area contributed by atoms with Crippen molar-refractivity contribution in [2.45, 2.75) is 38.5 Å². The van der Waals surface area contributed by atoms with E-state index in [4.69, 9.17) is 0 Å². The Hall–Kier alpha value is -3.04. The molecule has 3 heteroatoms. The van der Waals surface area contributed by atoms with Gasteiger partial charge in [0.1, 0.15) is 11.5 Å². The lowest BCUT2D eigenvalue weighted by Crippen LogP contribution is -2.06. The molecule has 0 amide bonds. The molecule has 3 N–H and O–H groups in total. The first kappa shape index (κ1) is 20.2. The highest BCUT2D eigenvalue weighted by Crippen LogP contribution is 2.45. The molecule has 1 aliphatic rings. The fourth-order valence-electron chi connectivity index (χ4n) is 4.46. The molecular formula is C27H28O3. The third kappa shape index (κ3) is 4.27. The summed E-state index contributed by atoms with van der Waals surface area (Å²) in [5.41, 5.74) is 6.33. The number of aliphatic hydroxyl groups excluding tert-OH is 1. The van der Waals surface area contributed by atoms with Crippen molar-refractivity contribution in [2.75, 3.05) is 6.61 Å². The van der Waals surface area contributed by atoms with Crippen LogP contribution in [0.15, 0.2) is 72.3 Å². The molecule has 0 bridgehead atoms. The molecule has 0 aliphatic heterocycles. The molecule has 1 aliphatic carbocycles. The van der Waals surface area contributed by atoms with Gasteiger partial charge >= 0.3 is 0 Å². The topological polar surface area (TPSA) is 60.7 Å². The molecule has 3 aromatic rings. The Kier molecular flexibility index (Phi) is 6.20. The zero-order valence-corrected chi connectivity index (χ0v) is 17.1. The van der Waals surface area contributed by atoms with Crippen LogP contribution in [0.4, 0.5) is 0 Å². The minimum atomic E-state index is -0.0337. The first-order chi connectivity index (χ1) is 14.7. The summed E-state index contributed by atoms with van der Waals surface area (Å²) >= 11 is 0. The number of aromatic hydroxyl groups is 2. The van der Waals surface area contributed by atoms with E-state index in [1.54, 1.807) is 6.07 Å². The van der Waals surface area contributed by atoms with Gasteiger partial charge < -0.3 is 15.3 Å². The fraction of sp³-hybridized carbons (Fsp3) is 0.259. The molecule has 0 radical (unpaired) electrons. The van der Waals surface area contributed by atoms with Gasteiger partial charge in [-0.05, 0) is 66.0 Å². The summed E-state index contributed by atoms with van der Waals surface area (Å²) < 4.78 is 0. The Morgan fingerprint density at radius 3 is 1.97 bits per heavy atom. The van der Waals surface area contributed by atoms with Crippen molar-refractivity contribution in [1.29, 1.82) is 0 Å². The smallest absolute Gasteiger partial charge is 0.130 e. The molecule has 0 saturated heterocycles. The van der Waals surface area contributed by atoms with E-state index in [0.717, 1.165) is 59.1 Å². The fourth-order valence-corrected chi connectivity index (χ4v) is 4.46. The normalized spacial score (nSPS) is 14.2. The highest BCUT2D eigenvalue weighted by atomic mass is 16.3. The second-order valence-corrected chi connectivity index (χ2v) is 8.03. The van der Waals surface area contributed by atoms with Gasteiger partial charge in [0, 0.05) is 12.0 Å². The summed E-state index contributed by atoms with van der Waals surface area (Å²) in [7, 11) is 0. The van der Waals surface area contributed by atoms with Crippen LogP contribution in [0.2, 0.25) is 0 Å². The number of aliphatic hydroxyl groups is 1. The van der Waals surface area contributed by atoms with E-state index in [2.05, 4.69) is 24.3 Å². The van der Waals surface area contributed by atoms with Crippen LogP contribution in [0.25, 0.3) is 5.57 Å². The van der Waals surface area contributed by atoms with Crippen molar-refractivity contribution in [3.8, 4) is 11.5 Å². The van der Waals surface area contributed by atoms with Gasteiger partial charge in [-0.3, -0.25) is 0 Å². The first-order valence-corrected chi connectivity index (χ1v) is 10.6. The first-order valence-electron chi connectivity index (χ1n) is 10.6. The third-order valence-electron chi connectivity index (χ3n) is 6.01. The highest BCUT2D eigenvalue weighted by molar-refractivity contribution is 5.80. The summed E-state index contributed by atoms with van der Waals surface area (Å²) in [6.45, 7) is -0.0337. The second-order valence-electron chi connectivity index (χ2n) is 8.03. The number of phenolic OH excluding ortho intramolecular Hbond substituents is 2. The van der Waals surface area contributed by atoms with Gasteiger partial charge in [0.2, 0.25) is 0 Å². The molecule has 0 aromatic heterocycles. The predicted octanol–water partition coefficient (Wildman–Crippen LogP) is 5.60. The molecule has 0 unspecified atom stereocenters. The monoisotopic (exact) mass is 400 g/mol. The van der Waals surface area contributed by atoms with Gasteiger partial charge in [-0.1, -0.05) is 60.7 Å². The van der Waals surface area contributed by atoms with Crippen molar-refractivity contribution < 1.29 is 15.3 Å². The van der Waals surface area contributed by atoms with Crippen LogP contribution >= 0.6 is 0 Å². The number of hydrogen-bond donors (Lipinski definition) is 3. The molecule has 0 fully saturated rings. The maximum atomic E-state index is 11.4. The molecule has 0 heterocycles. The van der Waals surface area contributed by atoms with Gasteiger partial charge in [-0.25, -0.2) is 0 Å². The molecule has 4 rings (SSSR count). The van der Waals surface area contributed by atoms with Crippen LogP contribution in [-0.4, -0.2) is 21.9 Å². The molecule has 0 saturated carbocycles. The van der Waals surface area contributed by atoms with Gasteiger partial charge in [-0.2, -0.15) is 0 Å². The maximum absolute atomic E-state index is 11.4. The summed E-state index contributed by atoms with van der Waals surface area (Å²) in [5.74, 6) is 0.241.